The van der Waals surface area contributed by atoms with Gasteiger partial charge in [0.2, 0.25) is 5.91 Å². The molecule has 2 saturated heterocycles. The number of sulfone groups is 1. The zero-order valence-corrected chi connectivity index (χ0v) is 13.9. The molecule has 0 aromatic carbocycles. The Hall–Kier alpha value is -0.660. The Balaban J connectivity index is 1.97. The number of aliphatic hydroxyl groups is 1. The smallest absolute Gasteiger partial charge is 0.219 e. The van der Waals surface area contributed by atoms with Crippen molar-refractivity contribution in [2.24, 2.45) is 0 Å². The highest BCUT2D eigenvalue weighted by atomic mass is 32.2. The first-order valence-electron chi connectivity index (χ1n) is 7.45. The fourth-order valence-electron chi connectivity index (χ4n) is 3.32. The molecule has 2 rings (SSSR count). The number of piperidine rings is 1. The second-order valence-corrected chi connectivity index (χ2v) is 9.11. The van der Waals surface area contributed by atoms with Crippen molar-refractivity contribution in [3.05, 3.63) is 0 Å². The molecule has 1 amide bonds. The normalized spacial score (nSPS) is 31.6. The maximum atomic E-state index is 11.7. The van der Waals surface area contributed by atoms with Crippen LogP contribution in [0.5, 0.6) is 0 Å². The second kappa shape index (κ2) is 5.52. The molecular weight excluding hydrogens is 292 g/mol. The molecule has 2 aliphatic heterocycles. The van der Waals surface area contributed by atoms with Crippen LogP contribution in [0.25, 0.3) is 0 Å². The van der Waals surface area contributed by atoms with Crippen molar-refractivity contribution in [3.63, 3.8) is 0 Å². The van der Waals surface area contributed by atoms with Gasteiger partial charge in [0.25, 0.3) is 0 Å². The number of hydrogen-bond acceptors (Lipinski definition) is 5. The largest absolute Gasteiger partial charge is 0.388 e. The molecule has 0 bridgehead atoms. The van der Waals surface area contributed by atoms with Crippen molar-refractivity contribution in [3.8, 4) is 0 Å². The van der Waals surface area contributed by atoms with Crippen LogP contribution < -0.4 is 0 Å². The fraction of sp³-hybridized carbons (Fsp3) is 0.929. The molecule has 7 heteroatoms. The minimum absolute atomic E-state index is 0.0410. The SMILES string of the molecule is CC(=O)N1CCC(O)(CN(C)[C@@]2(C)CCS(=O)(=O)C2)CC1. The molecule has 0 aromatic rings. The fourth-order valence-corrected chi connectivity index (χ4v) is 5.53. The summed E-state index contributed by atoms with van der Waals surface area (Å²) in [6.45, 7) is 5.07. The summed E-state index contributed by atoms with van der Waals surface area (Å²) in [6.07, 6.45) is 1.70. The third kappa shape index (κ3) is 3.76. The lowest BCUT2D eigenvalue weighted by Gasteiger charge is -2.44. The zero-order valence-electron chi connectivity index (χ0n) is 13.1. The molecule has 21 heavy (non-hydrogen) atoms. The van der Waals surface area contributed by atoms with Gasteiger partial charge < -0.3 is 10.0 Å². The van der Waals surface area contributed by atoms with Crippen LogP contribution in [-0.2, 0) is 14.6 Å². The van der Waals surface area contributed by atoms with Crippen LogP contribution in [0, 0.1) is 0 Å². The highest BCUT2D eigenvalue weighted by molar-refractivity contribution is 7.91. The molecule has 6 nitrogen and oxygen atoms in total. The van der Waals surface area contributed by atoms with Crippen LogP contribution >= 0.6 is 0 Å². The minimum atomic E-state index is -2.96. The van der Waals surface area contributed by atoms with Crippen LogP contribution in [0.3, 0.4) is 0 Å². The van der Waals surface area contributed by atoms with Gasteiger partial charge in [0.1, 0.15) is 0 Å². The maximum absolute atomic E-state index is 11.7. The summed E-state index contributed by atoms with van der Waals surface area (Å²) in [5, 5.41) is 10.7. The summed E-state index contributed by atoms with van der Waals surface area (Å²) in [5.41, 5.74) is -1.23. The van der Waals surface area contributed by atoms with Crippen LogP contribution in [0.15, 0.2) is 0 Å². The summed E-state index contributed by atoms with van der Waals surface area (Å²) < 4.78 is 23.4. The first-order chi connectivity index (χ1) is 9.55. The van der Waals surface area contributed by atoms with E-state index >= 15 is 0 Å². The number of amides is 1. The van der Waals surface area contributed by atoms with E-state index in [0.29, 0.717) is 38.9 Å². The highest BCUT2D eigenvalue weighted by Crippen LogP contribution is 2.32. The average Bonchev–Trinajstić information content (AvgIpc) is 2.65. The predicted octanol–water partition coefficient (Wildman–Crippen LogP) is -0.131. The number of β-amino-alcohol motifs (C(OH)–C–C–N with tert-alkyl or cyclic N) is 1. The Kier molecular flexibility index (Phi) is 4.39. The van der Waals surface area contributed by atoms with Crippen LogP contribution in [0.2, 0.25) is 0 Å². The lowest BCUT2D eigenvalue weighted by Crippen LogP contribution is -2.56. The van der Waals surface area contributed by atoms with Crippen molar-refractivity contribution in [2.75, 3.05) is 38.2 Å². The summed E-state index contributed by atoms with van der Waals surface area (Å²) in [4.78, 5) is 15.1. The molecule has 0 radical (unpaired) electrons. The molecule has 0 aliphatic carbocycles. The minimum Gasteiger partial charge on any atom is -0.388 e. The number of carbonyl (C=O) groups excluding carboxylic acids is 1. The summed E-state index contributed by atoms with van der Waals surface area (Å²) in [6, 6.07) is 0. The standard InChI is InChI=1S/C14H26N2O4S/c1-12(17)16-7-4-14(18,5-8-16)10-15(3)13(2)6-9-21(19,20)11-13/h18H,4-11H2,1-3H3/t13-/m0/s1. The first-order valence-corrected chi connectivity index (χ1v) is 9.27. The Morgan fingerprint density at radius 3 is 2.29 bits per heavy atom. The van der Waals surface area contributed by atoms with E-state index in [2.05, 4.69) is 0 Å². The van der Waals surface area contributed by atoms with Crippen molar-refractivity contribution in [1.29, 1.82) is 0 Å². The molecule has 0 unspecified atom stereocenters. The van der Waals surface area contributed by atoms with Gasteiger partial charge in [-0.25, -0.2) is 8.42 Å². The summed E-state index contributed by atoms with van der Waals surface area (Å²) >= 11 is 0. The topological polar surface area (TPSA) is 77.9 Å². The zero-order chi connectivity index (χ0) is 15.9. The molecule has 1 N–H and O–H groups in total. The number of hydrogen-bond donors (Lipinski definition) is 1. The number of likely N-dealkylation sites (N-methyl/N-ethyl adjacent to an activating group) is 1. The van der Waals surface area contributed by atoms with E-state index in [1.807, 2.05) is 18.9 Å². The van der Waals surface area contributed by atoms with Gasteiger partial charge in [0.05, 0.1) is 17.1 Å². The van der Waals surface area contributed by atoms with Crippen LogP contribution in [0.4, 0.5) is 0 Å². The lowest BCUT2D eigenvalue weighted by molar-refractivity contribution is -0.134. The second-order valence-electron chi connectivity index (χ2n) is 6.93. The van der Waals surface area contributed by atoms with E-state index < -0.39 is 21.0 Å². The molecule has 122 valence electrons. The maximum Gasteiger partial charge on any atom is 0.219 e. The third-order valence-electron chi connectivity index (χ3n) is 5.08. The van der Waals surface area contributed by atoms with E-state index in [1.54, 1.807) is 11.8 Å². The van der Waals surface area contributed by atoms with Gasteiger partial charge >= 0.3 is 0 Å². The Labute approximate surface area is 127 Å². The van der Waals surface area contributed by atoms with E-state index in [1.165, 1.54) is 0 Å². The van der Waals surface area contributed by atoms with E-state index in [0.717, 1.165) is 0 Å². The highest BCUT2D eigenvalue weighted by Gasteiger charge is 2.44. The van der Waals surface area contributed by atoms with Crippen LogP contribution in [-0.4, -0.2) is 78.6 Å². The van der Waals surface area contributed by atoms with Crippen LogP contribution in [0.1, 0.15) is 33.1 Å². The van der Waals surface area contributed by atoms with Gasteiger partial charge in [0.15, 0.2) is 9.84 Å². The Morgan fingerprint density at radius 2 is 1.86 bits per heavy atom. The molecular formula is C14H26N2O4S. The van der Waals surface area contributed by atoms with Crippen molar-refractivity contribution < 1.29 is 18.3 Å². The quantitative estimate of drug-likeness (QED) is 0.784. The van der Waals surface area contributed by atoms with Gasteiger partial charge in [-0.2, -0.15) is 0 Å². The summed E-state index contributed by atoms with van der Waals surface area (Å²) in [5.74, 6) is 0.426. The number of likely N-dealkylation sites (tertiary alicyclic amines) is 1. The Morgan fingerprint density at radius 1 is 1.29 bits per heavy atom. The molecule has 2 aliphatic rings. The molecule has 2 heterocycles. The van der Waals surface area contributed by atoms with Gasteiger partial charge in [-0.05, 0) is 33.2 Å². The number of nitrogens with zero attached hydrogens (tertiary/aromatic N) is 2. The lowest BCUT2D eigenvalue weighted by atomic mass is 9.88. The number of rotatable bonds is 3. The van der Waals surface area contributed by atoms with Gasteiger partial charge in [-0.15, -0.1) is 0 Å². The summed E-state index contributed by atoms with van der Waals surface area (Å²) in [7, 11) is -1.07. The monoisotopic (exact) mass is 318 g/mol. The molecule has 0 aromatic heterocycles. The van der Waals surface area contributed by atoms with Crippen molar-refractivity contribution in [1.82, 2.24) is 9.80 Å². The molecule has 1 atom stereocenters. The van der Waals surface area contributed by atoms with Crippen molar-refractivity contribution in [2.45, 2.75) is 44.2 Å². The Bertz CT molecular complexity index is 511. The molecule has 0 spiro atoms. The molecule has 2 fully saturated rings. The van der Waals surface area contributed by atoms with Gasteiger partial charge in [-0.3, -0.25) is 9.69 Å². The van der Waals surface area contributed by atoms with E-state index in [9.17, 15) is 18.3 Å². The van der Waals surface area contributed by atoms with Gasteiger partial charge in [0, 0.05) is 32.1 Å². The predicted molar refractivity (Wildman–Crippen MR) is 80.7 cm³/mol. The third-order valence-corrected chi connectivity index (χ3v) is 6.96. The molecule has 0 saturated carbocycles. The number of carbonyl (C=O) groups is 1. The van der Waals surface area contributed by atoms with Gasteiger partial charge in [-0.1, -0.05) is 0 Å². The average molecular weight is 318 g/mol. The van der Waals surface area contributed by atoms with E-state index in [4.69, 9.17) is 0 Å². The van der Waals surface area contributed by atoms with E-state index in [-0.39, 0.29) is 17.4 Å². The van der Waals surface area contributed by atoms with Crippen molar-refractivity contribution >= 4 is 15.7 Å². The first kappa shape index (κ1) is 16.7.